The summed E-state index contributed by atoms with van der Waals surface area (Å²) >= 11 is 0. The Balaban J connectivity index is 1.70. The second-order valence-corrected chi connectivity index (χ2v) is 7.23. The van der Waals surface area contributed by atoms with Crippen LogP contribution in [0, 0.1) is 10.1 Å². The standard InChI is InChI=1S/C20H19N3O6/c1-20(2,3)29-19(25)22-14-6-4-12(5-7-14)15-10-13(11-21-15)18(24)16-8-9-17(28-16)23(26)27/h4-11,21H,1-3H3,(H,22,25). The number of carbonyl (C=O) groups excluding carboxylic acids is 2. The maximum Gasteiger partial charge on any atom is 0.433 e. The lowest BCUT2D eigenvalue weighted by Gasteiger charge is -2.19. The minimum atomic E-state index is -0.702. The summed E-state index contributed by atoms with van der Waals surface area (Å²) in [7, 11) is 0. The van der Waals surface area contributed by atoms with Crippen molar-refractivity contribution in [1.82, 2.24) is 4.98 Å². The van der Waals surface area contributed by atoms with E-state index < -0.39 is 28.3 Å². The first kappa shape index (κ1) is 19.9. The number of ketones is 1. The second kappa shape index (κ2) is 7.63. The Morgan fingerprint density at radius 3 is 2.41 bits per heavy atom. The smallest absolute Gasteiger partial charge is 0.433 e. The Labute approximate surface area is 165 Å². The molecule has 0 aliphatic carbocycles. The van der Waals surface area contributed by atoms with E-state index in [0.29, 0.717) is 16.9 Å². The van der Waals surface area contributed by atoms with Crippen molar-refractivity contribution in [2.75, 3.05) is 5.32 Å². The van der Waals surface area contributed by atoms with E-state index in [1.807, 2.05) is 0 Å². The van der Waals surface area contributed by atoms with Crippen LogP contribution >= 0.6 is 0 Å². The van der Waals surface area contributed by atoms with Gasteiger partial charge in [0, 0.05) is 23.1 Å². The number of nitro groups is 1. The highest BCUT2D eigenvalue weighted by atomic mass is 16.6. The molecule has 0 aliphatic heterocycles. The zero-order valence-electron chi connectivity index (χ0n) is 16.0. The third-order valence-electron chi connectivity index (χ3n) is 3.78. The summed E-state index contributed by atoms with van der Waals surface area (Å²) in [6.07, 6.45) is 0.948. The van der Waals surface area contributed by atoms with Crippen molar-refractivity contribution in [3.8, 4) is 11.3 Å². The van der Waals surface area contributed by atoms with Gasteiger partial charge in [-0.2, -0.15) is 0 Å². The number of aromatic nitrogens is 1. The first-order valence-electron chi connectivity index (χ1n) is 8.70. The molecule has 29 heavy (non-hydrogen) atoms. The van der Waals surface area contributed by atoms with Crippen molar-refractivity contribution >= 4 is 23.4 Å². The average molecular weight is 397 g/mol. The quantitative estimate of drug-likeness (QED) is 0.363. The zero-order chi connectivity index (χ0) is 21.2. The predicted octanol–water partition coefficient (Wildman–Crippen LogP) is 4.76. The lowest BCUT2D eigenvalue weighted by atomic mass is 10.1. The fraction of sp³-hybridized carbons (Fsp3) is 0.200. The normalized spacial score (nSPS) is 11.1. The Bertz CT molecular complexity index is 1060. The summed E-state index contributed by atoms with van der Waals surface area (Å²) in [5, 5.41) is 13.3. The summed E-state index contributed by atoms with van der Waals surface area (Å²) in [5.74, 6) is -1.07. The highest BCUT2D eigenvalue weighted by molar-refractivity contribution is 6.07. The van der Waals surface area contributed by atoms with Gasteiger partial charge in [-0.15, -0.1) is 0 Å². The molecule has 3 aromatic rings. The largest absolute Gasteiger partial charge is 0.444 e. The molecule has 0 saturated carbocycles. The molecule has 0 aliphatic rings. The lowest BCUT2D eigenvalue weighted by molar-refractivity contribution is -0.402. The minimum Gasteiger partial charge on any atom is -0.444 e. The number of H-pyrrole nitrogens is 1. The predicted molar refractivity (Wildman–Crippen MR) is 105 cm³/mol. The minimum absolute atomic E-state index is 0.112. The van der Waals surface area contributed by atoms with Crippen LogP contribution in [-0.4, -0.2) is 27.4 Å². The van der Waals surface area contributed by atoms with Gasteiger partial charge in [0.2, 0.25) is 5.78 Å². The molecule has 0 atom stereocenters. The van der Waals surface area contributed by atoms with Crippen LogP contribution in [0.3, 0.4) is 0 Å². The summed E-state index contributed by atoms with van der Waals surface area (Å²) in [6.45, 7) is 5.34. The molecule has 0 unspecified atom stereocenters. The molecule has 9 heteroatoms. The molecule has 1 amide bonds. The van der Waals surface area contributed by atoms with Crippen molar-refractivity contribution in [3.05, 3.63) is 70.1 Å². The van der Waals surface area contributed by atoms with Crippen molar-refractivity contribution in [1.29, 1.82) is 0 Å². The van der Waals surface area contributed by atoms with Gasteiger partial charge >= 0.3 is 12.0 Å². The SMILES string of the molecule is CC(C)(C)OC(=O)Nc1ccc(-c2cc(C(=O)c3ccc([N+](=O)[O-])o3)c[nH]2)cc1. The maximum absolute atomic E-state index is 12.4. The number of anilines is 1. The van der Waals surface area contributed by atoms with Gasteiger partial charge in [-0.1, -0.05) is 12.1 Å². The number of furan rings is 1. The molecule has 3 rings (SSSR count). The van der Waals surface area contributed by atoms with Gasteiger partial charge in [0.25, 0.3) is 0 Å². The van der Waals surface area contributed by atoms with Crippen molar-refractivity contribution in [2.24, 2.45) is 0 Å². The molecule has 9 nitrogen and oxygen atoms in total. The zero-order valence-corrected chi connectivity index (χ0v) is 16.0. The molecular formula is C20H19N3O6. The fourth-order valence-electron chi connectivity index (χ4n) is 2.54. The number of benzene rings is 1. The summed E-state index contributed by atoms with van der Waals surface area (Å²) in [4.78, 5) is 37.2. The molecular weight excluding hydrogens is 378 g/mol. The number of aromatic amines is 1. The monoisotopic (exact) mass is 397 g/mol. The molecule has 2 aromatic heterocycles. The first-order valence-corrected chi connectivity index (χ1v) is 8.70. The van der Waals surface area contributed by atoms with Crippen molar-refractivity contribution < 1.29 is 23.7 Å². The van der Waals surface area contributed by atoms with E-state index in [1.54, 1.807) is 51.1 Å². The van der Waals surface area contributed by atoms with Gasteiger partial charge in [0.1, 0.15) is 10.5 Å². The van der Waals surface area contributed by atoms with E-state index in [9.17, 15) is 19.7 Å². The molecule has 0 spiro atoms. The van der Waals surface area contributed by atoms with Crippen LogP contribution in [0.2, 0.25) is 0 Å². The van der Waals surface area contributed by atoms with E-state index in [4.69, 9.17) is 9.15 Å². The van der Waals surface area contributed by atoms with E-state index in [0.717, 1.165) is 11.6 Å². The number of nitrogens with zero attached hydrogens (tertiary/aromatic N) is 1. The second-order valence-electron chi connectivity index (χ2n) is 7.23. The van der Waals surface area contributed by atoms with E-state index in [2.05, 4.69) is 10.3 Å². The molecule has 0 saturated heterocycles. The Morgan fingerprint density at radius 1 is 1.14 bits per heavy atom. The van der Waals surface area contributed by atoms with E-state index in [1.165, 1.54) is 12.3 Å². The topological polar surface area (TPSA) is 127 Å². The molecule has 0 fully saturated rings. The molecule has 0 radical (unpaired) electrons. The summed E-state index contributed by atoms with van der Waals surface area (Å²) < 4.78 is 10.1. The van der Waals surface area contributed by atoms with Crippen LogP contribution in [0.15, 0.2) is 53.1 Å². The van der Waals surface area contributed by atoms with Gasteiger partial charge in [-0.3, -0.25) is 20.2 Å². The lowest BCUT2D eigenvalue weighted by Crippen LogP contribution is -2.27. The van der Waals surface area contributed by atoms with Crippen LogP contribution in [0.5, 0.6) is 0 Å². The van der Waals surface area contributed by atoms with Gasteiger partial charge in [0.15, 0.2) is 5.76 Å². The van der Waals surface area contributed by atoms with Crippen LogP contribution in [0.25, 0.3) is 11.3 Å². The molecule has 150 valence electrons. The highest BCUT2D eigenvalue weighted by Crippen LogP contribution is 2.24. The molecule has 2 heterocycles. The van der Waals surface area contributed by atoms with Gasteiger partial charge in [-0.05, 0) is 50.6 Å². The van der Waals surface area contributed by atoms with Crippen LogP contribution < -0.4 is 5.32 Å². The maximum atomic E-state index is 12.4. The number of ether oxygens (including phenoxy) is 1. The van der Waals surface area contributed by atoms with Crippen LogP contribution in [-0.2, 0) is 4.74 Å². The number of rotatable bonds is 5. The number of carbonyl (C=O) groups is 2. The average Bonchev–Trinajstić information content (AvgIpc) is 3.30. The Hall–Kier alpha value is -3.88. The number of hydrogen-bond donors (Lipinski definition) is 2. The van der Waals surface area contributed by atoms with Crippen molar-refractivity contribution in [3.63, 3.8) is 0 Å². The van der Waals surface area contributed by atoms with E-state index >= 15 is 0 Å². The third-order valence-corrected chi connectivity index (χ3v) is 3.78. The van der Waals surface area contributed by atoms with Crippen LogP contribution in [0.4, 0.5) is 16.4 Å². The van der Waals surface area contributed by atoms with Gasteiger partial charge in [0.05, 0.1) is 6.07 Å². The Kier molecular flexibility index (Phi) is 5.22. The number of nitrogens with one attached hydrogen (secondary N) is 2. The van der Waals surface area contributed by atoms with Gasteiger partial charge < -0.3 is 14.1 Å². The summed E-state index contributed by atoms with van der Waals surface area (Å²) in [6, 6.07) is 11.0. The third kappa shape index (κ3) is 4.89. The van der Waals surface area contributed by atoms with Crippen LogP contribution in [0.1, 0.15) is 36.9 Å². The molecule has 0 bridgehead atoms. The van der Waals surface area contributed by atoms with E-state index in [-0.39, 0.29) is 5.76 Å². The number of hydrogen-bond acceptors (Lipinski definition) is 6. The molecule has 2 N–H and O–H groups in total. The Morgan fingerprint density at radius 2 is 1.83 bits per heavy atom. The summed E-state index contributed by atoms with van der Waals surface area (Å²) in [5.41, 5.74) is 1.72. The van der Waals surface area contributed by atoms with Gasteiger partial charge in [-0.25, -0.2) is 4.79 Å². The highest BCUT2D eigenvalue weighted by Gasteiger charge is 2.20. The van der Waals surface area contributed by atoms with Crippen molar-refractivity contribution in [2.45, 2.75) is 26.4 Å². The first-order chi connectivity index (χ1) is 13.6. The molecule has 1 aromatic carbocycles. The number of amides is 1. The fourth-order valence-corrected chi connectivity index (χ4v) is 2.54.